The molecule has 3 rings (SSSR count). The first-order valence-electron chi connectivity index (χ1n) is 18.8. The van der Waals surface area contributed by atoms with Gasteiger partial charge < -0.3 is 71.1 Å². The van der Waals surface area contributed by atoms with Gasteiger partial charge >= 0.3 is 18.0 Å². The molecule has 0 saturated carbocycles. The van der Waals surface area contributed by atoms with E-state index in [0.29, 0.717) is 12.8 Å². The van der Waals surface area contributed by atoms with E-state index >= 15 is 0 Å². The van der Waals surface area contributed by atoms with Gasteiger partial charge in [-0.2, -0.15) is 0 Å². The molecule has 0 aromatic carbocycles. The Morgan fingerprint density at radius 2 is 1.69 bits per heavy atom. The van der Waals surface area contributed by atoms with Gasteiger partial charge in [0.15, 0.2) is 12.1 Å². The minimum atomic E-state index is -2.16. The third-order valence-electron chi connectivity index (χ3n) is 9.30. The summed E-state index contributed by atoms with van der Waals surface area (Å²) >= 11 is 0. The molecule has 2 bridgehead atoms. The van der Waals surface area contributed by atoms with E-state index in [4.69, 9.17) is 29.8 Å². The molecule has 310 valence electrons. The number of carbonyl (C=O) groups excluding carboxylic acids is 2. The normalized spacial score (nSPS) is 38.6. The number of hydrogen-bond donors (Lipinski definition) is 10. The number of nitrogens with two attached hydrogens (primary N) is 1. The van der Waals surface area contributed by atoms with E-state index in [-0.39, 0.29) is 44.9 Å². The van der Waals surface area contributed by atoms with Gasteiger partial charge in [0.1, 0.15) is 12.2 Å². The number of cyclic esters (lactones) is 1. The Morgan fingerprint density at radius 1 is 0.964 bits per heavy atom. The summed E-state index contributed by atoms with van der Waals surface area (Å²) in [4.78, 5) is 36.3. The number of ether oxygens (including phenoxy) is 4. The SMILES string of the molecule is CCCCC1C/C=C/C=C/C=C/C=C/C(O[C@@H]2OC[C@@H](O)[C@H](N)[C@@H]2O)CC2OC(O)(CC(O)CC(O)C/C=C/C(=O)O1)CC(O)C2NC(=O)NCCC(=O)O. The van der Waals surface area contributed by atoms with Gasteiger partial charge in [-0.1, -0.05) is 74.4 Å². The third-order valence-corrected chi connectivity index (χ3v) is 9.30. The van der Waals surface area contributed by atoms with Crippen molar-refractivity contribution in [2.45, 2.75) is 144 Å². The summed E-state index contributed by atoms with van der Waals surface area (Å²) in [5.74, 6) is -3.86. The smallest absolute Gasteiger partial charge is 0.330 e. The van der Waals surface area contributed by atoms with Crippen molar-refractivity contribution in [2.24, 2.45) is 5.73 Å². The molecule has 3 aliphatic heterocycles. The number of aliphatic carboxylic acids is 1. The predicted octanol–water partition coefficient (Wildman–Crippen LogP) is 0.327. The first-order valence-corrected chi connectivity index (χ1v) is 18.8. The molecule has 0 spiro atoms. The van der Waals surface area contributed by atoms with Crippen molar-refractivity contribution in [1.82, 2.24) is 10.6 Å². The number of amides is 2. The van der Waals surface area contributed by atoms with Crippen LogP contribution in [-0.2, 0) is 28.5 Å². The zero-order valence-corrected chi connectivity index (χ0v) is 31.2. The van der Waals surface area contributed by atoms with Gasteiger partial charge in [-0.05, 0) is 19.3 Å². The molecule has 0 radical (unpaired) electrons. The van der Waals surface area contributed by atoms with Gasteiger partial charge in [-0.15, -0.1) is 0 Å². The monoisotopic (exact) mass is 781 g/mol. The third kappa shape index (κ3) is 16.6. The quantitative estimate of drug-likeness (QED) is 0.141. The van der Waals surface area contributed by atoms with Crippen LogP contribution in [0.25, 0.3) is 0 Å². The van der Waals surface area contributed by atoms with Crippen molar-refractivity contribution >= 4 is 18.0 Å². The lowest BCUT2D eigenvalue weighted by Crippen LogP contribution is -2.63. The van der Waals surface area contributed by atoms with Crippen LogP contribution in [0.15, 0.2) is 60.8 Å². The zero-order chi connectivity index (χ0) is 40.4. The average molecular weight is 782 g/mol. The highest BCUT2D eigenvalue weighted by atomic mass is 16.7. The van der Waals surface area contributed by atoms with Crippen LogP contribution in [0, 0.1) is 0 Å². The maximum atomic E-state index is 12.8. The number of carbonyl (C=O) groups is 3. The number of aliphatic hydroxyl groups excluding tert-OH is 5. The van der Waals surface area contributed by atoms with E-state index in [0.717, 1.165) is 12.8 Å². The number of nitrogens with one attached hydrogen (secondary N) is 2. The number of urea groups is 1. The number of carboxylic acids is 1. The molecule has 17 heteroatoms. The van der Waals surface area contributed by atoms with E-state index < -0.39 is 97.7 Å². The molecule has 17 nitrogen and oxygen atoms in total. The number of unbranched alkanes of at least 4 members (excludes halogenated alkanes) is 1. The van der Waals surface area contributed by atoms with Gasteiger partial charge in [0.2, 0.25) is 0 Å². The molecular weight excluding hydrogens is 722 g/mol. The van der Waals surface area contributed by atoms with Crippen molar-refractivity contribution < 1.29 is 69.1 Å². The van der Waals surface area contributed by atoms with Crippen LogP contribution in [0.5, 0.6) is 0 Å². The Labute approximate surface area is 321 Å². The lowest BCUT2D eigenvalue weighted by Gasteiger charge is -2.46. The Kier molecular flexibility index (Phi) is 19.7. The zero-order valence-electron chi connectivity index (χ0n) is 31.2. The summed E-state index contributed by atoms with van der Waals surface area (Å²) in [5, 5.41) is 79.2. The lowest BCUT2D eigenvalue weighted by atomic mass is 9.87. The van der Waals surface area contributed by atoms with E-state index in [1.807, 2.05) is 19.1 Å². The summed E-state index contributed by atoms with van der Waals surface area (Å²) in [6.07, 6.45) is 7.54. The van der Waals surface area contributed by atoms with E-state index in [2.05, 4.69) is 10.6 Å². The number of rotatable bonds is 9. The van der Waals surface area contributed by atoms with Gasteiger partial charge in [0.25, 0.3) is 0 Å². The minimum absolute atomic E-state index is 0.00134. The molecule has 0 aromatic heterocycles. The van der Waals surface area contributed by atoms with Crippen molar-refractivity contribution in [2.75, 3.05) is 13.2 Å². The molecule has 11 N–H and O–H groups in total. The van der Waals surface area contributed by atoms with Crippen LogP contribution in [0.2, 0.25) is 0 Å². The second-order valence-corrected chi connectivity index (χ2v) is 14.1. The van der Waals surface area contributed by atoms with Crippen LogP contribution in [-0.4, -0.2) is 140 Å². The fourth-order valence-electron chi connectivity index (χ4n) is 6.42. The van der Waals surface area contributed by atoms with Crippen LogP contribution in [0.4, 0.5) is 4.79 Å². The maximum absolute atomic E-state index is 12.8. The minimum Gasteiger partial charge on any atom is -0.481 e. The van der Waals surface area contributed by atoms with Gasteiger partial charge in [-0.3, -0.25) is 4.79 Å². The first-order chi connectivity index (χ1) is 26.2. The molecule has 2 fully saturated rings. The molecule has 3 aliphatic rings. The molecule has 2 saturated heterocycles. The van der Waals surface area contributed by atoms with Gasteiger partial charge in [0, 0.05) is 38.3 Å². The average Bonchev–Trinajstić information content (AvgIpc) is 3.10. The van der Waals surface area contributed by atoms with E-state index in [9.17, 15) is 45.0 Å². The Morgan fingerprint density at radius 3 is 2.42 bits per heavy atom. The number of carboxylic acid groups (broad SMARTS) is 1. The van der Waals surface area contributed by atoms with E-state index in [1.54, 1.807) is 36.5 Å². The van der Waals surface area contributed by atoms with Crippen LogP contribution >= 0.6 is 0 Å². The van der Waals surface area contributed by atoms with Crippen LogP contribution < -0.4 is 16.4 Å². The Hall–Kier alpha value is -3.49. The second kappa shape index (κ2) is 23.5. The molecule has 3 heterocycles. The largest absolute Gasteiger partial charge is 0.481 e. The number of hydrogen-bond acceptors (Lipinski definition) is 14. The second-order valence-electron chi connectivity index (χ2n) is 14.1. The molecular formula is C38H59N3O14. The van der Waals surface area contributed by atoms with Crippen LogP contribution in [0.1, 0.15) is 71.1 Å². The van der Waals surface area contributed by atoms with Crippen molar-refractivity contribution in [3.63, 3.8) is 0 Å². The van der Waals surface area contributed by atoms with Crippen molar-refractivity contribution in [3.8, 4) is 0 Å². The predicted molar refractivity (Wildman–Crippen MR) is 198 cm³/mol. The highest BCUT2D eigenvalue weighted by Crippen LogP contribution is 2.35. The molecule has 55 heavy (non-hydrogen) atoms. The molecule has 8 unspecified atom stereocenters. The standard InChI is InChI=1S/C38H59N3O14/c1-2-3-13-26-14-9-7-5-4-6-8-10-15-27(54-36-35(49)33(39)29(45)23-52-36)20-30-34(41-37(50)40-18-17-31(46)47)28(44)22-38(51,55-30)21-25(43)19-24(42)12-11-16-32(48)53-26/h4-11,15-16,24-30,33-36,42-45,49,51H,2-3,12-14,17-23,39H2,1H3,(H,46,47)(H2,40,41,50)/b5-4+,8-6+,9-7+,15-10+,16-11+/t24?,25?,26?,27?,28?,29-,30?,33+,34?,35+,36+,38?/m1/s1. The summed E-state index contributed by atoms with van der Waals surface area (Å²) in [7, 11) is 0. The van der Waals surface area contributed by atoms with Crippen LogP contribution in [0.3, 0.4) is 0 Å². The summed E-state index contributed by atoms with van der Waals surface area (Å²) < 4.78 is 23.3. The van der Waals surface area contributed by atoms with Gasteiger partial charge in [-0.25, -0.2) is 9.59 Å². The Bertz CT molecular complexity index is 1360. The summed E-state index contributed by atoms with van der Waals surface area (Å²) in [6.45, 7) is 1.61. The molecule has 12 atom stereocenters. The summed E-state index contributed by atoms with van der Waals surface area (Å²) in [5.41, 5.74) is 5.95. The molecule has 0 aliphatic carbocycles. The maximum Gasteiger partial charge on any atom is 0.330 e. The highest BCUT2D eigenvalue weighted by molar-refractivity contribution is 5.82. The van der Waals surface area contributed by atoms with Crippen molar-refractivity contribution in [1.29, 1.82) is 0 Å². The number of allylic oxidation sites excluding steroid dienone is 6. The first kappa shape index (κ1) is 45.9. The van der Waals surface area contributed by atoms with Gasteiger partial charge in [0.05, 0.1) is 61.7 Å². The highest BCUT2D eigenvalue weighted by Gasteiger charge is 2.48. The van der Waals surface area contributed by atoms with Crippen molar-refractivity contribution in [3.05, 3.63) is 60.8 Å². The molecule has 2 amide bonds. The lowest BCUT2D eigenvalue weighted by molar-refractivity contribution is -0.298. The topological polar surface area (TPSA) is 280 Å². The number of fused-ring (bicyclic) bond motifs is 2. The fraction of sp³-hybridized carbons (Fsp3) is 0.658. The number of aliphatic hydroxyl groups is 6. The fourth-order valence-corrected chi connectivity index (χ4v) is 6.42. The van der Waals surface area contributed by atoms with E-state index in [1.165, 1.54) is 12.2 Å². The number of esters is 1. The molecule has 0 aromatic rings. The Balaban J connectivity index is 1.93. The summed E-state index contributed by atoms with van der Waals surface area (Å²) in [6, 6.07) is -3.09.